The Labute approximate surface area is 81.5 Å². The van der Waals surface area contributed by atoms with Crippen LogP contribution in [-0.2, 0) is 0 Å². The molecule has 0 saturated heterocycles. The van der Waals surface area contributed by atoms with Crippen LogP contribution in [0.5, 0.6) is 0 Å². The van der Waals surface area contributed by atoms with Gasteiger partial charge in [0, 0.05) is 12.4 Å². The molecule has 1 aromatic rings. The largest absolute Gasteiger partial charge is 0.382 e. The lowest BCUT2D eigenvalue weighted by Crippen LogP contribution is -2.17. The molecule has 6 heteroatoms. The molecule has 0 bridgehead atoms. The van der Waals surface area contributed by atoms with Crippen LogP contribution < -0.4 is 11.6 Å². The standard InChI is InChI=1S/C7H7N5.ClH/c8-3-5-1-2-11-4-6(5)7(9)12-10;/h1-2,4H,10H2,(H2,9,12);1H. The number of nitrogens with zero attached hydrogens (tertiary/aromatic N) is 3. The quantitative estimate of drug-likeness (QED) is 0.285. The van der Waals surface area contributed by atoms with Crippen molar-refractivity contribution in [1.29, 1.82) is 5.26 Å². The van der Waals surface area contributed by atoms with Crippen molar-refractivity contribution in [2.24, 2.45) is 16.7 Å². The fraction of sp³-hybridized carbons (Fsp3) is 0. The topological polar surface area (TPSA) is 101 Å². The van der Waals surface area contributed by atoms with Gasteiger partial charge in [-0.05, 0) is 6.07 Å². The van der Waals surface area contributed by atoms with Gasteiger partial charge in [0.1, 0.15) is 6.07 Å². The summed E-state index contributed by atoms with van der Waals surface area (Å²) >= 11 is 0. The highest BCUT2D eigenvalue weighted by Crippen LogP contribution is 2.03. The predicted molar refractivity (Wildman–Crippen MR) is 51.1 cm³/mol. The maximum absolute atomic E-state index is 8.63. The van der Waals surface area contributed by atoms with Crippen LogP contribution in [0, 0.1) is 11.3 Å². The van der Waals surface area contributed by atoms with E-state index in [-0.39, 0.29) is 18.2 Å². The highest BCUT2D eigenvalue weighted by Gasteiger charge is 2.04. The maximum Gasteiger partial charge on any atom is 0.153 e. The second kappa shape index (κ2) is 4.95. The number of hydrogen-bond acceptors (Lipinski definition) is 4. The molecule has 5 nitrogen and oxygen atoms in total. The first-order valence-electron chi connectivity index (χ1n) is 3.17. The summed E-state index contributed by atoms with van der Waals surface area (Å²) in [7, 11) is 0. The van der Waals surface area contributed by atoms with Gasteiger partial charge in [0.25, 0.3) is 0 Å². The van der Waals surface area contributed by atoms with E-state index >= 15 is 0 Å². The smallest absolute Gasteiger partial charge is 0.153 e. The van der Waals surface area contributed by atoms with E-state index in [1.54, 1.807) is 6.07 Å². The fourth-order valence-electron chi connectivity index (χ4n) is 0.766. The molecule has 0 fully saturated rings. The lowest BCUT2D eigenvalue weighted by atomic mass is 10.1. The van der Waals surface area contributed by atoms with Crippen LogP contribution in [0.25, 0.3) is 0 Å². The monoisotopic (exact) mass is 197 g/mol. The van der Waals surface area contributed by atoms with E-state index < -0.39 is 0 Å². The third kappa shape index (κ3) is 2.32. The molecular weight excluding hydrogens is 190 g/mol. The first kappa shape index (κ1) is 11.2. The Hall–Kier alpha value is -1.80. The maximum atomic E-state index is 8.63. The average Bonchev–Trinajstić information content (AvgIpc) is 2.16. The van der Waals surface area contributed by atoms with E-state index in [9.17, 15) is 0 Å². The van der Waals surface area contributed by atoms with Crippen molar-refractivity contribution < 1.29 is 0 Å². The van der Waals surface area contributed by atoms with E-state index in [4.69, 9.17) is 16.8 Å². The number of rotatable bonds is 1. The number of hydrogen-bond donors (Lipinski definition) is 2. The van der Waals surface area contributed by atoms with Crippen molar-refractivity contribution in [3.63, 3.8) is 0 Å². The van der Waals surface area contributed by atoms with Crippen LogP contribution in [0.3, 0.4) is 0 Å². The van der Waals surface area contributed by atoms with Gasteiger partial charge in [-0.25, -0.2) is 0 Å². The predicted octanol–water partition coefficient (Wildman–Crippen LogP) is -0.0459. The van der Waals surface area contributed by atoms with E-state index in [1.165, 1.54) is 12.4 Å². The van der Waals surface area contributed by atoms with Gasteiger partial charge in [-0.3, -0.25) is 4.98 Å². The molecule has 1 heterocycles. The molecule has 68 valence electrons. The number of halogens is 1. The van der Waals surface area contributed by atoms with Crippen molar-refractivity contribution in [2.75, 3.05) is 0 Å². The van der Waals surface area contributed by atoms with Crippen molar-refractivity contribution in [3.05, 3.63) is 29.6 Å². The van der Waals surface area contributed by atoms with Crippen molar-refractivity contribution in [2.45, 2.75) is 0 Å². The summed E-state index contributed by atoms with van der Waals surface area (Å²) in [6.45, 7) is 0. The van der Waals surface area contributed by atoms with Crippen molar-refractivity contribution in [3.8, 4) is 6.07 Å². The Morgan fingerprint density at radius 3 is 2.85 bits per heavy atom. The number of hydrazone groups is 1. The van der Waals surface area contributed by atoms with E-state index in [0.29, 0.717) is 11.1 Å². The molecule has 0 aliphatic rings. The van der Waals surface area contributed by atoms with Gasteiger partial charge in [0.05, 0.1) is 11.1 Å². The highest BCUT2D eigenvalue weighted by atomic mass is 35.5. The van der Waals surface area contributed by atoms with Gasteiger partial charge in [-0.2, -0.15) is 10.4 Å². The molecule has 1 aromatic heterocycles. The van der Waals surface area contributed by atoms with Crippen LogP contribution in [0.2, 0.25) is 0 Å². The SMILES string of the molecule is Cl.N#Cc1ccncc1C(N)=NN. The minimum atomic E-state index is 0. The third-order valence-corrected chi connectivity index (χ3v) is 1.36. The Balaban J connectivity index is 0.00000144. The fourth-order valence-corrected chi connectivity index (χ4v) is 0.766. The average molecular weight is 198 g/mol. The second-order valence-electron chi connectivity index (χ2n) is 2.05. The van der Waals surface area contributed by atoms with Gasteiger partial charge < -0.3 is 11.6 Å². The van der Waals surface area contributed by atoms with E-state index in [1.807, 2.05) is 6.07 Å². The van der Waals surface area contributed by atoms with Gasteiger partial charge in [0.2, 0.25) is 0 Å². The second-order valence-corrected chi connectivity index (χ2v) is 2.05. The Morgan fingerprint density at radius 1 is 1.62 bits per heavy atom. The molecule has 0 atom stereocenters. The van der Waals surface area contributed by atoms with Crippen LogP contribution in [-0.4, -0.2) is 10.8 Å². The number of nitrogens with two attached hydrogens (primary N) is 2. The van der Waals surface area contributed by atoms with Crippen LogP contribution in [0.15, 0.2) is 23.6 Å². The summed E-state index contributed by atoms with van der Waals surface area (Å²) in [5.74, 6) is 5.06. The number of nitriles is 1. The van der Waals surface area contributed by atoms with Crippen LogP contribution in [0.1, 0.15) is 11.1 Å². The molecule has 0 aromatic carbocycles. The minimum absolute atomic E-state index is 0. The molecule has 0 spiro atoms. The molecular formula is C7H8ClN5. The molecule has 0 saturated carbocycles. The summed E-state index contributed by atoms with van der Waals surface area (Å²) < 4.78 is 0. The van der Waals surface area contributed by atoms with Crippen molar-refractivity contribution >= 4 is 18.2 Å². The lowest BCUT2D eigenvalue weighted by molar-refractivity contribution is 1.21. The summed E-state index contributed by atoms with van der Waals surface area (Å²) in [5.41, 5.74) is 6.28. The molecule has 0 unspecified atom stereocenters. The minimum Gasteiger partial charge on any atom is -0.382 e. The molecule has 0 radical (unpaired) electrons. The highest BCUT2D eigenvalue weighted by molar-refractivity contribution is 5.99. The Bertz CT molecular complexity index is 354. The Morgan fingerprint density at radius 2 is 2.31 bits per heavy atom. The van der Waals surface area contributed by atoms with Gasteiger partial charge in [0.15, 0.2) is 5.84 Å². The number of aromatic nitrogens is 1. The van der Waals surface area contributed by atoms with Gasteiger partial charge in [-0.1, -0.05) is 0 Å². The van der Waals surface area contributed by atoms with E-state index in [2.05, 4.69) is 10.1 Å². The zero-order chi connectivity index (χ0) is 8.97. The summed E-state index contributed by atoms with van der Waals surface area (Å²) in [5, 5.41) is 11.9. The number of pyridine rings is 1. The van der Waals surface area contributed by atoms with Gasteiger partial charge >= 0.3 is 0 Å². The normalized spacial score (nSPS) is 9.92. The number of amidine groups is 1. The molecule has 13 heavy (non-hydrogen) atoms. The summed E-state index contributed by atoms with van der Waals surface area (Å²) in [6, 6.07) is 3.50. The lowest BCUT2D eigenvalue weighted by Gasteiger charge is -1.98. The molecule has 0 aliphatic heterocycles. The van der Waals surface area contributed by atoms with Crippen LogP contribution >= 0.6 is 12.4 Å². The zero-order valence-corrected chi connectivity index (χ0v) is 7.45. The zero-order valence-electron chi connectivity index (χ0n) is 6.64. The first-order valence-corrected chi connectivity index (χ1v) is 3.17. The molecule has 4 N–H and O–H groups in total. The summed E-state index contributed by atoms with van der Waals surface area (Å²) in [4.78, 5) is 3.79. The summed E-state index contributed by atoms with van der Waals surface area (Å²) in [6.07, 6.45) is 2.95. The van der Waals surface area contributed by atoms with Gasteiger partial charge in [-0.15, -0.1) is 12.4 Å². The van der Waals surface area contributed by atoms with E-state index in [0.717, 1.165) is 0 Å². The molecule has 1 rings (SSSR count). The molecule has 0 amide bonds. The van der Waals surface area contributed by atoms with Crippen LogP contribution in [0.4, 0.5) is 0 Å². The van der Waals surface area contributed by atoms with Crippen molar-refractivity contribution in [1.82, 2.24) is 4.98 Å². The third-order valence-electron chi connectivity index (χ3n) is 1.36. The molecule has 0 aliphatic carbocycles. The first-order chi connectivity index (χ1) is 5.79. The Kier molecular flexibility index (Phi) is 4.27.